The molecule has 19 heteroatoms. The highest BCUT2D eigenvalue weighted by molar-refractivity contribution is 6.38. The molecule has 1 saturated heterocycles. The summed E-state index contributed by atoms with van der Waals surface area (Å²) < 4.78 is 11.5. The van der Waals surface area contributed by atoms with E-state index in [-0.39, 0.29) is 69.0 Å². The van der Waals surface area contributed by atoms with Gasteiger partial charge >= 0.3 is 12.1 Å². The molecule has 3 aromatic carbocycles. The summed E-state index contributed by atoms with van der Waals surface area (Å²) in [4.78, 5) is 119. The van der Waals surface area contributed by atoms with E-state index < -0.39 is 90.1 Å². The van der Waals surface area contributed by atoms with Crippen LogP contribution >= 0.6 is 0 Å². The number of carbonyl (C=O) groups is 9. The minimum absolute atomic E-state index is 0.0117. The van der Waals surface area contributed by atoms with Gasteiger partial charge < -0.3 is 51.8 Å². The molecule has 65 heavy (non-hydrogen) atoms. The molecule has 1 fully saturated rings. The van der Waals surface area contributed by atoms with Gasteiger partial charge in [-0.25, -0.2) is 9.59 Å². The topological polar surface area (TPSA) is 282 Å². The molecule has 3 aromatic rings. The van der Waals surface area contributed by atoms with Gasteiger partial charge in [0.2, 0.25) is 29.4 Å². The Morgan fingerprint density at radius 2 is 1.49 bits per heavy atom. The molecule has 7 amide bonds. The number of nitrogens with one attached hydrogen (secondary N) is 5. The molecule has 0 bridgehead atoms. The van der Waals surface area contributed by atoms with Crippen LogP contribution < -0.4 is 32.3 Å². The number of nitrogens with two attached hydrogens (primary N) is 1. The number of ether oxygens (including phenoxy) is 2. The van der Waals surface area contributed by atoms with Crippen molar-refractivity contribution < 1.29 is 57.7 Å². The van der Waals surface area contributed by atoms with E-state index in [0.717, 1.165) is 5.56 Å². The molecule has 1 aliphatic heterocycles. The zero-order valence-electron chi connectivity index (χ0n) is 36.6. The number of carboxylic acids is 1. The van der Waals surface area contributed by atoms with E-state index in [2.05, 4.69) is 26.6 Å². The van der Waals surface area contributed by atoms with Crippen molar-refractivity contribution in [1.29, 1.82) is 0 Å². The number of nitrogens with zero attached hydrogens (tertiary/aromatic N) is 1. The van der Waals surface area contributed by atoms with Crippen molar-refractivity contribution in [2.75, 3.05) is 26.2 Å². The predicted octanol–water partition coefficient (Wildman–Crippen LogP) is 2.14. The summed E-state index contributed by atoms with van der Waals surface area (Å²) in [6.07, 6.45) is -1.07. The van der Waals surface area contributed by atoms with Gasteiger partial charge in [-0.15, -0.1) is 0 Å². The number of primary amides is 1. The summed E-state index contributed by atoms with van der Waals surface area (Å²) in [5.74, 6) is -7.11. The fraction of sp³-hybridized carbons (Fsp3) is 0.413. The van der Waals surface area contributed by atoms with Gasteiger partial charge in [-0.1, -0.05) is 93.9 Å². The van der Waals surface area contributed by atoms with E-state index in [1.54, 1.807) is 37.3 Å². The lowest BCUT2D eigenvalue weighted by molar-refractivity contribution is -0.143. The molecule has 2 unspecified atom stereocenters. The van der Waals surface area contributed by atoms with Gasteiger partial charge in [0.1, 0.15) is 18.1 Å². The number of hydrogen-bond donors (Lipinski definition) is 7. The second kappa shape index (κ2) is 25.2. The minimum Gasteiger partial charge on any atom is -0.478 e. The van der Waals surface area contributed by atoms with Crippen LogP contribution in [0.15, 0.2) is 84.9 Å². The van der Waals surface area contributed by atoms with Crippen molar-refractivity contribution >= 4 is 53.3 Å². The Morgan fingerprint density at radius 1 is 0.815 bits per heavy atom. The first-order valence-electron chi connectivity index (χ1n) is 21.3. The van der Waals surface area contributed by atoms with Gasteiger partial charge in [-0.3, -0.25) is 33.6 Å². The van der Waals surface area contributed by atoms with Crippen LogP contribution in [0.4, 0.5) is 4.79 Å². The maximum absolute atomic E-state index is 14.5. The molecule has 348 valence electrons. The normalized spacial score (nSPS) is 15.7. The third kappa shape index (κ3) is 15.9. The number of ketones is 1. The Morgan fingerprint density at radius 3 is 2.14 bits per heavy atom. The quantitative estimate of drug-likeness (QED) is 0.0503. The second-order valence-corrected chi connectivity index (χ2v) is 15.8. The number of rotatable bonds is 24. The smallest absolute Gasteiger partial charge is 0.407 e. The lowest BCUT2D eigenvalue weighted by Gasteiger charge is -2.29. The zero-order chi connectivity index (χ0) is 47.5. The van der Waals surface area contributed by atoms with Crippen LogP contribution in [0.3, 0.4) is 0 Å². The molecule has 1 aliphatic rings. The van der Waals surface area contributed by atoms with Crippen LogP contribution in [0.5, 0.6) is 0 Å². The fourth-order valence-corrected chi connectivity index (χ4v) is 6.89. The average Bonchev–Trinajstić information content (AvgIpc) is 3.74. The van der Waals surface area contributed by atoms with Gasteiger partial charge in [-0.05, 0) is 54.5 Å². The molecule has 8 N–H and O–H groups in total. The van der Waals surface area contributed by atoms with Crippen molar-refractivity contribution in [3.05, 3.63) is 107 Å². The predicted molar refractivity (Wildman–Crippen MR) is 235 cm³/mol. The summed E-state index contributed by atoms with van der Waals surface area (Å²) >= 11 is 0. The minimum atomic E-state index is -1.36. The molecule has 0 saturated carbocycles. The van der Waals surface area contributed by atoms with Gasteiger partial charge in [0.15, 0.2) is 0 Å². The van der Waals surface area contributed by atoms with E-state index in [9.17, 15) is 48.3 Å². The number of carboxylic acid groups (broad SMARTS) is 1. The lowest BCUT2D eigenvalue weighted by Crippen LogP contribution is -2.56. The number of Topliss-reactive ketones (excluding diaryl/α,β-unsaturated/α-hetero) is 1. The van der Waals surface area contributed by atoms with Crippen molar-refractivity contribution in [3.8, 4) is 0 Å². The largest absolute Gasteiger partial charge is 0.478 e. The summed E-state index contributed by atoms with van der Waals surface area (Å²) in [6, 6.07) is 17.8. The lowest BCUT2D eigenvalue weighted by atomic mass is 10.0. The average molecular weight is 900 g/mol. The van der Waals surface area contributed by atoms with Crippen LogP contribution in [-0.4, -0.2) is 114 Å². The standard InChI is InChI=1S/C46H57N7O12/c1-4-13-34(39(55)43(59)49-24-37(54)52-38(40(47)56)30-16-9-6-10-17-30)50-42(58)36-23-33(64-27-29-14-7-5-8-15-29)25-53(36)44(60)35(51-46(63)65-26-28(2)3)20-12-21-48-41(57)31-18-11-19-32(22-31)45(61)62/h5-11,14-19,22,28,33-36,38H,4,12-13,20-21,23-27H2,1-3H3,(H2,47,56)(H,48,57)(H,49,59)(H,50,58)(H,51,63)(H,52,54)(H,61,62)/t33-,34?,35?,36+,38+/m1/s1. The Bertz CT molecular complexity index is 2150. The van der Waals surface area contributed by atoms with Crippen LogP contribution in [-0.2, 0) is 44.8 Å². The SMILES string of the molecule is CCCC(NC(=O)[C@@H]1C[C@@H](OCc2ccccc2)CN1C(=O)C(CCCNC(=O)c1cccc(C(=O)O)c1)NC(=O)OCC(C)C)C(=O)C(=O)NCC(=O)N[C@H](C(N)=O)c1ccccc1. The molecular formula is C46H57N7O12. The molecule has 0 spiro atoms. The van der Waals surface area contributed by atoms with Crippen molar-refractivity contribution in [2.24, 2.45) is 11.7 Å². The third-order valence-corrected chi connectivity index (χ3v) is 10.2. The first kappa shape index (κ1) is 50.5. The molecular weight excluding hydrogens is 843 g/mol. The molecule has 0 radical (unpaired) electrons. The number of likely N-dealkylation sites (tertiary alicyclic amines) is 1. The first-order valence-corrected chi connectivity index (χ1v) is 21.3. The van der Waals surface area contributed by atoms with Crippen LogP contribution in [0.1, 0.15) is 90.8 Å². The summed E-state index contributed by atoms with van der Waals surface area (Å²) in [5.41, 5.74) is 6.76. The van der Waals surface area contributed by atoms with E-state index in [1.807, 2.05) is 44.2 Å². The molecule has 0 aromatic heterocycles. The van der Waals surface area contributed by atoms with E-state index in [4.69, 9.17) is 15.2 Å². The summed E-state index contributed by atoms with van der Waals surface area (Å²) in [7, 11) is 0. The fourth-order valence-electron chi connectivity index (χ4n) is 6.89. The Kier molecular flexibility index (Phi) is 19.6. The Labute approximate surface area is 376 Å². The third-order valence-electron chi connectivity index (χ3n) is 10.2. The van der Waals surface area contributed by atoms with E-state index in [1.165, 1.54) is 29.2 Å². The van der Waals surface area contributed by atoms with Crippen LogP contribution in [0.2, 0.25) is 0 Å². The molecule has 19 nitrogen and oxygen atoms in total. The number of benzene rings is 3. The number of alkyl carbamates (subject to hydrolysis) is 1. The summed E-state index contributed by atoms with van der Waals surface area (Å²) in [6.45, 7) is 4.85. The molecule has 1 heterocycles. The van der Waals surface area contributed by atoms with E-state index >= 15 is 0 Å². The molecule has 4 rings (SSSR count). The van der Waals surface area contributed by atoms with Crippen molar-refractivity contribution in [1.82, 2.24) is 31.5 Å². The highest BCUT2D eigenvalue weighted by Crippen LogP contribution is 2.24. The second-order valence-electron chi connectivity index (χ2n) is 15.8. The number of aromatic carboxylic acids is 1. The highest BCUT2D eigenvalue weighted by Gasteiger charge is 2.44. The molecule has 0 aliphatic carbocycles. The van der Waals surface area contributed by atoms with Crippen LogP contribution in [0, 0.1) is 5.92 Å². The number of amides is 7. The maximum Gasteiger partial charge on any atom is 0.407 e. The van der Waals surface area contributed by atoms with Gasteiger partial charge in [0, 0.05) is 25.1 Å². The summed E-state index contributed by atoms with van der Waals surface area (Å²) in [5, 5.41) is 21.9. The zero-order valence-corrected chi connectivity index (χ0v) is 36.6. The van der Waals surface area contributed by atoms with Gasteiger partial charge in [0.05, 0.1) is 37.5 Å². The van der Waals surface area contributed by atoms with E-state index in [0.29, 0.717) is 12.0 Å². The first-order chi connectivity index (χ1) is 31.1. The monoisotopic (exact) mass is 899 g/mol. The Balaban J connectivity index is 1.49. The highest BCUT2D eigenvalue weighted by atomic mass is 16.5. The van der Waals surface area contributed by atoms with Gasteiger partial charge in [-0.2, -0.15) is 0 Å². The van der Waals surface area contributed by atoms with Crippen molar-refractivity contribution in [3.63, 3.8) is 0 Å². The van der Waals surface area contributed by atoms with Crippen LogP contribution in [0.25, 0.3) is 0 Å². The van der Waals surface area contributed by atoms with Gasteiger partial charge in [0.25, 0.3) is 11.8 Å². The molecule has 5 atom stereocenters. The Hall–Kier alpha value is -7.15. The number of carbonyl (C=O) groups excluding carboxylic acids is 8. The maximum atomic E-state index is 14.5. The number of hydrogen-bond acceptors (Lipinski definition) is 11. The van der Waals surface area contributed by atoms with Crippen molar-refractivity contribution in [2.45, 2.75) is 89.8 Å².